The predicted molar refractivity (Wildman–Crippen MR) is 120 cm³/mol. The van der Waals surface area contributed by atoms with Crippen molar-refractivity contribution < 1.29 is 14.3 Å². The molecule has 5 nitrogen and oxygen atoms in total. The number of ether oxygens (including phenoxy) is 1. The summed E-state index contributed by atoms with van der Waals surface area (Å²) >= 11 is 0. The Morgan fingerprint density at radius 2 is 1.93 bits per heavy atom. The van der Waals surface area contributed by atoms with Gasteiger partial charge < -0.3 is 15.0 Å². The van der Waals surface area contributed by atoms with Crippen molar-refractivity contribution in [2.24, 2.45) is 5.92 Å². The normalized spacial score (nSPS) is 18.9. The summed E-state index contributed by atoms with van der Waals surface area (Å²) in [5.74, 6) is 0.433. The number of methoxy groups -OCH3 is 1. The number of para-hydroxylation sites is 1. The van der Waals surface area contributed by atoms with E-state index in [1.54, 1.807) is 7.11 Å². The van der Waals surface area contributed by atoms with E-state index in [9.17, 15) is 9.59 Å². The van der Waals surface area contributed by atoms with Crippen LogP contribution in [-0.2, 0) is 9.59 Å². The van der Waals surface area contributed by atoms with E-state index >= 15 is 0 Å². The number of carbonyl (C=O) groups excluding carboxylic acids is 2. The molecule has 1 saturated heterocycles. The van der Waals surface area contributed by atoms with E-state index in [-0.39, 0.29) is 23.8 Å². The third-order valence-electron chi connectivity index (χ3n) is 6.12. The van der Waals surface area contributed by atoms with Gasteiger partial charge in [0.15, 0.2) is 0 Å². The van der Waals surface area contributed by atoms with Crippen LogP contribution in [0.1, 0.15) is 55.3 Å². The molecule has 2 aromatic carbocycles. The van der Waals surface area contributed by atoms with Crippen LogP contribution < -0.4 is 10.1 Å². The minimum absolute atomic E-state index is 0.0476. The average molecular weight is 409 g/mol. The van der Waals surface area contributed by atoms with Gasteiger partial charge in [-0.05, 0) is 49.9 Å². The predicted octanol–water partition coefficient (Wildman–Crippen LogP) is 5.03. The van der Waals surface area contributed by atoms with Crippen LogP contribution in [-0.4, -0.2) is 30.4 Å². The van der Waals surface area contributed by atoms with Gasteiger partial charge in [0, 0.05) is 24.2 Å². The highest BCUT2D eigenvalue weighted by Gasteiger charge is 2.41. The summed E-state index contributed by atoms with van der Waals surface area (Å²) < 4.78 is 5.60. The number of amides is 2. The molecule has 2 aromatic rings. The molecule has 0 aromatic heterocycles. The molecule has 2 amide bonds. The summed E-state index contributed by atoms with van der Waals surface area (Å²) in [5, 5.41) is 3.13. The monoisotopic (exact) mass is 408 g/mol. The van der Waals surface area contributed by atoms with Crippen molar-refractivity contribution in [2.45, 2.75) is 52.5 Å². The highest BCUT2D eigenvalue weighted by Crippen LogP contribution is 2.41. The van der Waals surface area contributed by atoms with Crippen LogP contribution in [0.5, 0.6) is 5.75 Å². The molecule has 160 valence electrons. The number of rotatable bonds is 7. The molecule has 0 radical (unpaired) electrons. The van der Waals surface area contributed by atoms with Crippen LogP contribution in [0.4, 0.5) is 5.69 Å². The van der Waals surface area contributed by atoms with Crippen molar-refractivity contribution in [3.63, 3.8) is 0 Å². The second-order valence-corrected chi connectivity index (χ2v) is 8.01. The first-order valence-electron chi connectivity index (χ1n) is 10.8. The van der Waals surface area contributed by atoms with Crippen molar-refractivity contribution >= 4 is 17.5 Å². The van der Waals surface area contributed by atoms with Crippen LogP contribution in [0.3, 0.4) is 0 Å². The van der Waals surface area contributed by atoms with E-state index in [4.69, 9.17) is 4.74 Å². The van der Waals surface area contributed by atoms with Gasteiger partial charge in [-0.1, -0.05) is 43.7 Å². The third kappa shape index (κ3) is 4.50. The van der Waals surface area contributed by atoms with Gasteiger partial charge in [0.2, 0.25) is 11.8 Å². The third-order valence-corrected chi connectivity index (χ3v) is 6.12. The van der Waals surface area contributed by atoms with Crippen LogP contribution >= 0.6 is 0 Å². The number of likely N-dealkylation sites (tertiary alicyclic amines) is 1. The van der Waals surface area contributed by atoms with Gasteiger partial charge in [0.1, 0.15) is 5.75 Å². The molecule has 1 aliphatic rings. The summed E-state index contributed by atoms with van der Waals surface area (Å²) in [6, 6.07) is 13.3. The number of hydrogen-bond acceptors (Lipinski definition) is 3. The molecule has 1 aliphatic heterocycles. The first-order chi connectivity index (χ1) is 14.5. The largest absolute Gasteiger partial charge is 0.496 e. The first kappa shape index (κ1) is 21.9. The summed E-state index contributed by atoms with van der Waals surface area (Å²) in [6.07, 6.45) is 2.81. The van der Waals surface area contributed by atoms with Crippen LogP contribution in [0, 0.1) is 19.8 Å². The van der Waals surface area contributed by atoms with Crippen LogP contribution in [0.25, 0.3) is 0 Å². The lowest BCUT2D eigenvalue weighted by molar-refractivity contribution is -0.142. The number of unbranched alkanes of at least 4 members (excludes halogenated alkanes) is 1. The standard InChI is InChI=1S/C25H32N2O3/c1-5-6-16-27-23(28)15-14-20(24(27)19-11-7-8-13-22(19)30-4)25(29)26-21-12-9-10-17(2)18(21)3/h7-13,20,24H,5-6,14-16H2,1-4H3,(H,26,29)/t20-,24-/m1/s1. The molecule has 0 unspecified atom stereocenters. The molecule has 3 rings (SSSR count). The smallest absolute Gasteiger partial charge is 0.229 e. The number of nitrogens with zero attached hydrogens (tertiary/aromatic N) is 1. The zero-order valence-corrected chi connectivity index (χ0v) is 18.4. The van der Waals surface area contributed by atoms with Gasteiger partial charge in [-0.15, -0.1) is 0 Å². The van der Waals surface area contributed by atoms with Crippen molar-refractivity contribution in [1.82, 2.24) is 4.90 Å². The average Bonchev–Trinajstić information content (AvgIpc) is 2.75. The van der Waals surface area contributed by atoms with Gasteiger partial charge in [-0.3, -0.25) is 9.59 Å². The van der Waals surface area contributed by atoms with Gasteiger partial charge in [-0.2, -0.15) is 0 Å². The number of piperidine rings is 1. The second-order valence-electron chi connectivity index (χ2n) is 8.01. The fourth-order valence-corrected chi connectivity index (χ4v) is 4.23. The van der Waals surface area contributed by atoms with Gasteiger partial charge >= 0.3 is 0 Å². The Morgan fingerprint density at radius 3 is 2.67 bits per heavy atom. The van der Waals surface area contributed by atoms with E-state index in [2.05, 4.69) is 12.2 Å². The van der Waals surface area contributed by atoms with E-state index in [0.717, 1.165) is 35.2 Å². The summed E-state index contributed by atoms with van der Waals surface area (Å²) in [5.41, 5.74) is 3.92. The molecule has 0 bridgehead atoms. The van der Waals surface area contributed by atoms with Crippen LogP contribution in [0.2, 0.25) is 0 Å². The highest BCUT2D eigenvalue weighted by molar-refractivity contribution is 5.95. The highest BCUT2D eigenvalue weighted by atomic mass is 16.5. The maximum absolute atomic E-state index is 13.5. The summed E-state index contributed by atoms with van der Waals surface area (Å²) in [4.78, 5) is 28.2. The van der Waals surface area contributed by atoms with Gasteiger partial charge in [-0.25, -0.2) is 0 Å². The lowest BCUT2D eigenvalue weighted by atomic mass is 9.83. The molecule has 2 atom stereocenters. The van der Waals surface area contributed by atoms with Crippen LogP contribution in [0.15, 0.2) is 42.5 Å². The van der Waals surface area contributed by atoms with E-state index in [0.29, 0.717) is 25.1 Å². The van der Waals surface area contributed by atoms with E-state index in [1.807, 2.05) is 61.2 Å². The molecule has 5 heteroatoms. The Hall–Kier alpha value is -2.82. The topological polar surface area (TPSA) is 58.6 Å². The lowest BCUT2D eigenvalue weighted by Crippen LogP contribution is -2.47. The Bertz CT molecular complexity index is 909. The zero-order chi connectivity index (χ0) is 21.7. The molecule has 0 saturated carbocycles. The molecule has 1 N–H and O–H groups in total. The van der Waals surface area contributed by atoms with E-state index < -0.39 is 0 Å². The Balaban J connectivity index is 1.98. The molecule has 0 aliphatic carbocycles. The summed E-state index contributed by atoms with van der Waals surface area (Å²) in [6.45, 7) is 6.80. The maximum atomic E-state index is 13.5. The van der Waals surface area contributed by atoms with Crippen molar-refractivity contribution in [1.29, 1.82) is 0 Å². The zero-order valence-electron chi connectivity index (χ0n) is 18.4. The van der Waals surface area contributed by atoms with E-state index in [1.165, 1.54) is 0 Å². The Kier molecular flexibility index (Phi) is 7.14. The number of benzene rings is 2. The fourth-order valence-electron chi connectivity index (χ4n) is 4.23. The number of aryl methyl sites for hydroxylation is 1. The lowest BCUT2D eigenvalue weighted by Gasteiger charge is -2.41. The van der Waals surface area contributed by atoms with Crippen molar-refractivity contribution in [3.8, 4) is 5.75 Å². The molecule has 30 heavy (non-hydrogen) atoms. The SMILES string of the molecule is CCCCN1C(=O)CC[C@@H](C(=O)Nc2cccc(C)c2C)[C@H]1c1ccccc1OC. The summed E-state index contributed by atoms with van der Waals surface area (Å²) in [7, 11) is 1.63. The second kappa shape index (κ2) is 9.79. The Morgan fingerprint density at radius 1 is 1.17 bits per heavy atom. The number of carbonyl (C=O) groups is 2. The molecule has 1 fully saturated rings. The van der Waals surface area contributed by atoms with Crippen molar-refractivity contribution in [2.75, 3.05) is 19.0 Å². The number of anilines is 1. The molecular formula is C25H32N2O3. The minimum atomic E-state index is -0.337. The molecule has 0 spiro atoms. The fraction of sp³-hybridized carbons (Fsp3) is 0.440. The molecular weight excluding hydrogens is 376 g/mol. The van der Waals surface area contributed by atoms with Gasteiger partial charge in [0.25, 0.3) is 0 Å². The number of nitrogens with one attached hydrogen (secondary N) is 1. The number of hydrogen-bond donors (Lipinski definition) is 1. The minimum Gasteiger partial charge on any atom is -0.496 e. The maximum Gasteiger partial charge on any atom is 0.229 e. The van der Waals surface area contributed by atoms with Gasteiger partial charge in [0.05, 0.1) is 19.1 Å². The quantitative estimate of drug-likeness (QED) is 0.699. The first-order valence-corrected chi connectivity index (χ1v) is 10.8. The molecule has 1 heterocycles. The van der Waals surface area contributed by atoms with Crippen molar-refractivity contribution in [3.05, 3.63) is 59.2 Å². The Labute approximate surface area is 179 Å².